The highest BCUT2D eigenvalue weighted by Gasteiger charge is 2.17. The maximum atomic E-state index is 12.0. The van der Waals surface area contributed by atoms with Crippen molar-refractivity contribution in [2.45, 2.75) is 39.2 Å². The Bertz CT molecular complexity index is 515. The van der Waals surface area contributed by atoms with E-state index in [0.717, 1.165) is 25.2 Å². The van der Waals surface area contributed by atoms with Crippen LogP contribution in [0.2, 0.25) is 0 Å². The van der Waals surface area contributed by atoms with Gasteiger partial charge in [-0.05, 0) is 25.2 Å². The molecule has 0 bridgehead atoms. The first-order valence-corrected chi connectivity index (χ1v) is 6.96. The molecule has 1 aromatic rings. The third-order valence-corrected chi connectivity index (χ3v) is 3.57. The van der Waals surface area contributed by atoms with Crippen LogP contribution in [0.1, 0.15) is 32.6 Å². The van der Waals surface area contributed by atoms with Gasteiger partial charge in [-0.3, -0.25) is 4.79 Å². The van der Waals surface area contributed by atoms with Gasteiger partial charge in [-0.1, -0.05) is 6.92 Å². The smallest absolute Gasteiger partial charge is 0.268 e. The molecule has 1 saturated heterocycles. The average molecular weight is 259 g/mol. The topological polar surface area (TPSA) is 38.1 Å². The molecule has 2 rings (SSSR count). The predicted octanol–water partition coefficient (Wildman–Crippen LogP) is 1.89. The van der Waals surface area contributed by atoms with E-state index in [-0.39, 0.29) is 5.56 Å². The zero-order chi connectivity index (χ0) is 13.7. The van der Waals surface area contributed by atoms with Crippen LogP contribution in [-0.4, -0.2) is 22.9 Å². The largest absolute Gasteiger partial charge is 0.370 e. The first kappa shape index (κ1) is 13.7. The van der Waals surface area contributed by atoms with Crippen molar-refractivity contribution >= 4 is 5.69 Å². The van der Waals surface area contributed by atoms with Gasteiger partial charge < -0.3 is 4.90 Å². The Balaban J connectivity index is 2.06. The van der Waals surface area contributed by atoms with Crippen LogP contribution in [-0.2, 0) is 6.54 Å². The zero-order valence-electron chi connectivity index (χ0n) is 11.5. The maximum Gasteiger partial charge on any atom is 0.268 e. The summed E-state index contributed by atoms with van der Waals surface area (Å²) in [5, 5.41) is 4.24. The first-order chi connectivity index (χ1) is 9.20. The van der Waals surface area contributed by atoms with Crippen molar-refractivity contribution in [3.63, 3.8) is 0 Å². The molecule has 1 fully saturated rings. The molecule has 0 aromatic carbocycles. The summed E-state index contributed by atoms with van der Waals surface area (Å²) in [6.07, 6.45) is 10.9. The molecule has 0 amide bonds. The summed E-state index contributed by atoms with van der Waals surface area (Å²) in [6.45, 7) is 4.88. The highest BCUT2D eigenvalue weighted by molar-refractivity contribution is 5.43. The molecule has 1 unspecified atom stereocenters. The molecule has 19 heavy (non-hydrogen) atoms. The van der Waals surface area contributed by atoms with E-state index in [9.17, 15) is 4.79 Å². The summed E-state index contributed by atoms with van der Waals surface area (Å²) in [5.41, 5.74) is 0.914. The van der Waals surface area contributed by atoms with Gasteiger partial charge in [0.15, 0.2) is 0 Å². The van der Waals surface area contributed by atoms with E-state index in [1.54, 1.807) is 12.3 Å². The van der Waals surface area contributed by atoms with Gasteiger partial charge in [0.1, 0.15) is 0 Å². The molecular formula is C15H21N3O. The average Bonchev–Trinajstić information content (AvgIpc) is 2.41. The summed E-state index contributed by atoms with van der Waals surface area (Å²) >= 11 is 0. The van der Waals surface area contributed by atoms with Gasteiger partial charge >= 0.3 is 0 Å². The fraction of sp³-hybridized carbons (Fsp3) is 0.600. The van der Waals surface area contributed by atoms with Crippen LogP contribution in [0.15, 0.2) is 17.1 Å². The number of terminal acetylenes is 1. The van der Waals surface area contributed by atoms with E-state index in [2.05, 4.69) is 22.8 Å². The number of aryl methyl sites for hydroxylation is 1. The number of hydrogen-bond donors (Lipinski definition) is 0. The molecule has 0 spiro atoms. The van der Waals surface area contributed by atoms with Crippen molar-refractivity contribution in [3.05, 3.63) is 22.6 Å². The minimum absolute atomic E-state index is 0.0345. The van der Waals surface area contributed by atoms with Crippen LogP contribution in [0.3, 0.4) is 0 Å². The second kappa shape index (κ2) is 6.42. The molecule has 1 aliphatic rings. The molecule has 1 atom stereocenters. The van der Waals surface area contributed by atoms with E-state index in [1.807, 2.05) is 0 Å². The lowest BCUT2D eigenvalue weighted by Crippen LogP contribution is -2.35. The Hall–Kier alpha value is -1.76. The highest BCUT2D eigenvalue weighted by atomic mass is 16.1. The Morgan fingerprint density at radius 2 is 2.42 bits per heavy atom. The van der Waals surface area contributed by atoms with E-state index >= 15 is 0 Å². The minimum atomic E-state index is -0.0345. The Kier molecular flexibility index (Phi) is 4.62. The van der Waals surface area contributed by atoms with Gasteiger partial charge in [-0.2, -0.15) is 5.10 Å². The van der Waals surface area contributed by atoms with Crippen molar-refractivity contribution in [3.8, 4) is 12.3 Å². The molecule has 4 nitrogen and oxygen atoms in total. The first-order valence-electron chi connectivity index (χ1n) is 6.96. The number of rotatable bonds is 4. The molecule has 0 aliphatic carbocycles. The van der Waals surface area contributed by atoms with Crippen LogP contribution >= 0.6 is 0 Å². The molecule has 2 heterocycles. The van der Waals surface area contributed by atoms with E-state index in [4.69, 9.17) is 6.42 Å². The maximum absolute atomic E-state index is 12.0. The van der Waals surface area contributed by atoms with Crippen LogP contribution in [0.25, 0.3) is 0 Å². The predicted molar refractivity (Wildman–Crippen MR) is 77.2 cm³/mol. The second-order valence-electron chi connectivity index (χ2n) is 5.28. The lowest BCUT2D eigenvalue weighted by atomic mass is 10.00. The third kappa shape index (κ3) is 3.60. The molecule has 1 aliphatic heterocycles. The molecule has 0 N–H and O–H groups in total. The number of aromatic nitrogens is 2. The van der Waals surface area contributed by atoms with Crippen molar-refractivity contribution < 1.29 is 0 Å². The lowest BCUT2D eigenvalue weighted by Gasteiger charge is -2.32. The number of piperidine rings is 1. The van der Waals surface area contributed by atoms with Crippen LogP contribution in [0.5, 0.6) is 0 Å². The minimum Gasteiger partial charge on any atom is -0.370 e. The van der Waals surface area contributed by atoms with Gasteiger partial charge in [0.05, 0.1) is 11.9 Å². The summed E-state index contributed by atoms with van der Waals surface area (Å²) in [5.74, 6) is 3.26. The van der Waals surface area contributed by atoms with Crippen LogP contribution in [0.4, 0.5) is 5.69 Å². The normalized spacial score (nSPS) is 19.2. The van der Waals surface area contributed by atoms with E-state index < -0.39 is 0 Å². The molecule has 0 saturated carbocycles. The van der Waals surface area contributed by atoms with Gasteiger partial charge in [0.25, 0.3) is 5.56 Å². The van der Waals surface area contributed by atoms with E-state index in [1.165, 1.54) is 17.5 Å². The molecule has 1 aromatic heterocycles. The van der Waals surface area contributed by atoms with Crippen LogP contribution in [0, 0.1) is 18.3 Å². The summed E-state index contributed by atoms with van der Waals surface area (Å²) in [6, 6.07) is 1.70. The second-order valence-corrected chi connectivity index (χ2v) is 5.28. The SMILES string of the molecule is C#CCCCn1ncc(N2CCCC(C)C2)cc1=O. The molecule has 102 valence electrons. The third-order valence-electron chi connectivity index (χ3n) is 3.57. The van der Waals surface area contributed by atoms with Gasteiger partial charge in [0.2, 0.25) is 0 Å². The van der Waals surface area contributed by atoms with Crippen LogP contribution < -0.4 is 10.5 Å². The summed E-state index contributed by atoms with van der Waals surface area (Å²) in [7, 11) is 0. The summed E-state index contributed by atoms with van der Waals surface area (Å²) < 4.78 is 1.49. The van der Waals surface area contributed by atoms with Gasteiger partial charge in [-0.15, -0.1) is 12.3 Å². The van der Waals surface area contributed by atoms with Gasteiger partial charge in [-0.25, -0.2) is 4.68 Å². The van der Waals surface area contributed by atoms with Crippen molar-refractivity contribution in [2.75, 3.05) is 18.0 Å². The number of unbranched alkanes of at least 4 members (excludes halogenated alkanes) is 1. The zero-order valence-corrected chi connectivity index (χ0v) is 11.5. The molecule has 0 radical (unpaired) electrons. The Morgan fingerprint density at radius 1 is 1.58 bits per heavy atom. The van der Waals surface area contributed by atoms with Crippen molar-refractivity contribution in [2.24, 2.45) is 5.92 Å². The van der Waals surface area contributed by atoms with Crippen molar-refractivity contribution in [1.29, 1.82) is 0 Å². The number of anilines is 1. The van der Waals surface area contributed by atoms with Gasteiger partial charge in [0, 0.05) is 32.1 Å². The fourth-order valence-electron chi connectivity index (χ4n) is 2.52. The number of nitrogens with zero attached hydrogens (tertiary/aromatic N) is 3. The number of hydrogen-bond acceptors (Lipinski definition) is 3. The lowest BCUT2D eigenvalue weighted by molar-refractivity contribution is 0.445. The summed E-state index contributed by atoms with van der Waals surface area (Å²) in [4.78, 5) is 14.2. The molecule has 4 heteroatoms. The van der Waals surface area contributed by atoms with E-state index in [0.29, 0.717) is 18.9 Å². The van der Waals surface area contributed by atoms with Crippen molar-refractivity contribution in [1.82, 2.24) is 9.78 Å². The monoisotopic (exact) mass is 259 g/mol. The Labute approximate surface area is 114 Å². The fourth-order valence-corrected chi connectivity index (χ4v) is 2.52. The standard InChI is InChI=1S/C15H21N3O/c1-3-4-5-9-18-15(19)10-14(11-16-18)17-8-6-7-13(2)12-17/h1,10-11,13H,4-9,12H2,2H3. The highest BCUT2D eigenvalue weighted by Crippen LogP contribution is 2.20. The molecular weight excluding hydrogens is 238 g/mol. The quantitative estimate of drug-likeness (QED) is 0.612. The Morgan fingerprint density at radius 3 is 3.11 bits per heavy atom.